The predicted octanol–water partition coefficient (Wildman–Crippen LogP) is 3.18. The van der Waals surface area contributed by atoms with Crippen molar-refractivity contribution >= 4 is 33.6 Å². The molecular formula is C17H16BrN5OS. The Morgan fingerprint density at radius 3 is 2.64 bits per heavy atom. The summed E-state index contributed by atoms with van der Waals surface area (Å²) in [5.41, 5.74) is 1.93. The van der Waals surface area contributed by atoms with Crippen molar-refractivity contribution in [2.24, 2.45) is 0 Å². The molecule has 128 valence electrons. The number of rotatable bonds is 6. The lowest BCUT2D eigenvalue weighted by Crippen LogP contribution is -2.28. The van der Waals surface area contributed by atoms with Gasteiger partial charge in [-0.05, 0) is 34.2 Å². The fourth-order valence-corrected chi connectivity index (χ4v) is 3.45. The molecule has 0 aliphatic carbocycles. The van der Waals surface area contributed by atoms with Crippen LogP contribution < -0.4 is 0 Å². The van der Waals surface area contributed by atoms with Crippen molar-refractivity contribution in [2.45, 2.75) is 11.7 Å². The second kappa shape index (κ2) is 8.26. The Morgan fingerprint density at radius 2 is 1.88 bits per heavy atom. The van der Waals surface area contributed by atoms with Crippen LogP contribution in [0.3, 0.4) is 0 Å². The molecule has 0 saturated carbocycles. The third kappa shape index (κ3) is 4.46. The molecule has 0 bridgehead atoms. The molecule has 3 aromatic rings. The first-order valence-electron chi connectivity index (χ1n) is 7.59. The number of halogens is 1. The molecule has 2 aromatic carbocycles. The molecule has 25 heavy (non-hydrogen) atoms. The smallest absolute Gasteiger partial charge is 0.233 e. The highest BCUT2D eigenvalue weighted by atomic mass is 79.9. The number of thioether (sulfide) groups is 1. The Morgan fingerprint density at radius 1 is 1.16 bits per heavy atom. The monoisotopic (exact) mass is 417 g/mol. The Hall–Kier alpha value is -2.19. The van der Waals surface area contributed by atoms with Crippen molar-refractivity contribution in [3.05, 3.63) is 64.6 Å². The molecule has 0 aliphatic rings. The summed E-state index contributed by atoms with van der Waals surface area (Å²) in [5.74, 6) is 0.289. The van der Waals surface area contributed by atoms with Gasteiger partial charge in [0, 0.05) is 18.1 Å². The van der Waals surface area contributed by atoms with Gasteiger partial charge in [-0.1, -0.05) is 64.1 Å². The van der Waals surface area contributed by atoms with Gasteiger partial charge in [-0.15, -0.1) is 5.10 Å². The van der Waals surface area contributed by atoms with Crippen LogP contribution >= 0.6 is 27.7 Å². The van der Waals surface area contributed by atoms with E-state index in [9.17, 15) is 4.79 Å². The lowest BCUT2D eigenvalue weighted by Gasteiger charge is -2.17. The minimum Gasteiger partial charge on any atom is -0.341 e. The Labute approximate surface area is 158 Å². The van der Waals surface area contributed by atoms with Crippen LogP contribution in [-0.4, -0.2) is 43.8 Å². The maximum Gasteiger partial charge on any atom is 0.233 e. The normalized spacial score (nSPS) is 10.6. The number of amides is 1. The van der Waals surface area contributed by atoms with Crippen molar-refractivity contribution in [1.29, 1.82) is 0 Å². The molecule has 0 N–H and O–H groups in total. The van der Waals surface area contributed by atoms with Crippen LogP contribution in [-0.2, 0) is 11.3 Å². The van der Waals surface area contributed by atoms with Gasteiger partial charge in [0.15, 0.2) is 0 Å². The van der Waals surface area contributed by atoms with Crippen LogP contribution in [0.2, 0.25) is 0 Å². The minimum absolute atomic E-state index is 0.0170. The van der Waals surface area contributed by atoms with Crippen LogP contribution in [0.1, 0.15) is 5.56 Å². The first kappa shape index (κ1) is 17.6. The summed E-state index contributed by atoms with van der Waals surface area (Å²) in [6.07, 6.45) is 0. The van der Waals surface area contributed by atoms with Gasteiger partial charge in [0.05, 0.1) is 11.4 Å². The molecule has 0 unspecified atom stereocenters. The fourth-order valence-electron chi connectivity index (χ4n) is 2.21. The van der Waals surface area contributed by atoms with Crippen molar-refractivity contribution < 1.29 is 4.79 Å². The summed E-state index contributed by atoms with van der Waals surface area (Å²) in [7, 11) is 1.79. The van der Waals surface area contributed by atoms with Crippen molar-refractivity contribution in [3.8, 4) is 5.69 Å². The molecule has 1 aromatic heterocycles. The average Bonchev–Trinajstić information content (AvgIpc) is 3.11. The van der Waals surface area contributed by atoms with Gasteiger partial charge in [0.2, 0.25) is 11.1 Å². The van der Waals surface area contributed by atoms with Crippen molar-refractivity contribution in [2.75, 3.05) is 12.8 Å². The second-order valence-corrected chi connectivity index (χ2v) is 7.14. The number of para-hydroxylation sites is 1. The number of benzene rings is 2. The van der Waals surface area contributed by atoms with Crippen LogP contribution in [0.5, 0.6) is 0 Å². The number of carbonyl (C=O) groups is 1. The van der Waals surface area contributed by atoms with Gasteiger partial charge in [-0.2, -0.15) is 4.68 Å². The van der Waals surface area contributed by atoms with Gasteiger partial charge in [-0.25, -0.2) is 0 Å². The summed E-state index contributed by atoms with van der Waals surface area (Å²) >= 11 is 4.83. The highest BCUT2D eigenvalue weighted by molar-refractivity contribution is 9.10. The Balaban J connectivity index is 1.61. The Bertz CT molecular complexity index is 855. The summed E-state index contributed by atoms with van der Waals surface area (Å²) in [5, 5.41) is 12.3. The highest BCUT2D eigenvalue weighted by Crippen LogP contribution is 2.20. The van der Waals surface area contributed by atoms with E-state index in [0.29, 0.717) is 11.7 Å². The van der Waals surface area contributed by atoms with E-state index in [1.807, 2.05) is 54.6 Å². The van der Waals surface area contributed by atoms with E-state index in [2.05, 4.69) is 31.5 Å². The van der Waals surface area contributed by atoms with E-state index in [0.717, 1.165) is 15.7 Å². The minimum atomic E-state index is 0.0170. The largest absolute Gasteiger partial charge is 0.341 e. The van der Waals surface area contributed by atoms with E-state index in [1.165, 1.54) is 11.8 Å². The fraction of sp³-hybridized carbons (Fsp3) is 0.176. The van der Waals surface area contributed by atoms with Gasteiger partial charge in [-0.3, -0.25) is 4.79 Å². The topological polar surface area (TPSA) is 63.9 Å². The molecule has 0 saturated heterocycles. The van der Waals surface area contributed by atoms with Gasteiger partial charge < -0.3 is 4.90 Å². The van der Waals surface area contributed by atoms with E-state index >= 15 is 0 Å². The predicted molar refractivity (Wildman–Crippen MR) is 100 cm³/mol. The molecule has 1 amide bonds. The molecule has 0 fully saturated rings. The van der Waals surface area contributed by atoms with Crippen LogP contribution in [0, 0.1) is 0 Å². The molecule has 0 atom stereocenters. The molecule has 6 nitrogen and oxygen atoms in total. The van der Waals surface area contributed by atoms with Gasteiger partial charge in [0.25, 0.3) is 0 Å². The number of aromatic nitrogens is 4. The number of carbonyl (C=O) groups excluding carboxylic acids is 1. The zero-order valence-electron chi connectivity index (χ0n) is 13.5. The second-order valence-electron chi connectivity index (χ2n) is 5.34. The number of nitrogens with zero attached hydrogens (tertiary/aromatic N) is 5. The lowest BCUT2D eigenvalue weighted by atomic mass is 10.2. The zero-order chi connectivity index (χ0) is 17.6. The van der Waals surface area contributed by atoms with Crippen molar-refractivity contribution in [1.82, 2.24) is 25.1 Å². The summed E-state index contributed by atoms with van der Waals surface area (Å²) in [6.45, 7) is 0.546. The van der Waals surface area contributed by atoms with E-state index in [1.54, 1.807) is 16.6 Å². The molecular weight excluding hydrogens is 402 g/mol. The van der Waals surface area contributed by atoms with Crippen LogP contribution in [0.15, 0.2) is 64.2 Å². The highest BCUT2D eigenvalue weighted by Gasteiger charge is 2.15. The van der Waals surface area contributed by atoms with E-state index < -0.39 is 0 Å². The number of tetrazole rings is 1. The summed E-state index contributed by atoms with van der Waals surface area (Å²) in [6, 6.07) is 17.5. The molecule has 3 rings (SSSR count). The maximum atomic E-state index is 12.4. The average molecular weight is 418 g/mol. The molecule has 0 aliphatic heterocycles. The van der Waals surface area contributed by atoms with Gasteiger partial charge >= 0.3 is 0 Å². The third-order valence-electron chi connectivity index (χ3n) is 3.56. The first-order chi connectivity index (χ1) is 12.1. The summed E-state index contributed by atoms with van der Waals surface area (Å²) < 4.78 is 2.63. The lowest BCUT2D eigenvalue weighted by molar-refractivity contribution is -0.127. The molecule has 0 spiro atoms. The summed E-state index contributed by atoms with van der Waals surface area (Å²) in [4.78, 5) is 14.1. The number of hydrogen-bond donors (Lipinski definition) is 0. The third-order valence-corrected chi connectivity index (χ3v) is 5.24. The maximum absolute atomic E-state index is 12.4. The van der Waals surface area contributed by atoms with Crippen molar-refractivity contribution in [3.63, 3.8) is 0 Å². The van der Waals surface area contributed by atoms with Gasteiger partial charge in [0.1, 0.15) is 0 Å². The number of hydrogen-bond acceptors (Lipinski definition) is 5. The molecule has 0 radical (unpaired) electrons. The van der Waals surface area contributed by atoms with E-state index in [-0.39, 0.29) is 11.7 Å². The molecule has 1 heterocycles. The zero-order valence-corrected chi connectivity index (χ0v) is 15.9. The first-order valence-corrected chi connectivity index (χ1v) is 9.37. The van der Waals surface area contributed by atoms with E-state index in [4.69, 9.17) is 0 Å². The van der Waals surface area contributed by atoms with Crippen LogP contribution in [0.4, 0.5) is 0 Å². The molecule has 8 heteroatoms. The quantitative estimate of drug-likeness (QED) is 0.576. The SMILES string of the molecule is CN(Cc1ccccc1Br)C(=O)CSc1nnnn1-c1ccccc1. The standard InChI is InChI=1S/C17H16BrN5OS/c1-22(11-13-7-5-6-10-15(13)18)16(24)12-25-17-19-20-21-23(17)14-8-3-2-4-9-14/h2-10H,11-12H2,1H3. The van der Waals surface area contributed by atoms with Crippen LogP contribution in [0.25, 0.3) is 5.69 Å². The Kier molecular flexibility index (Phi) is 5.83.